The van der Waals surface area contributed by atoms with E-state index in [-0.39, 0.29) is 31.3 Å². The Morgan fingerprint density at radius 2 is 1.19 bits per heavy atom. The maximum absolute atomic E-state index is 12.7. The zero-order valence-corrected chi connectivity index (χ0v) is 19.7. The molecule has 0 heterocycles. The topological polar surface area (TPSA) is 102 Å². The number of methoxy groups -OCH3 is 1. The lowest BCUT2D eigenvalue weighted by atomic mass is 10.3. The minimum atomic E-state index is -4.09. The maximum Gasteiger partial charge on any atom is 0.263 e. The third-order valence-electron chi connectivity index (χ3n) is 4.03. The highest BCUT2D eigenvalue weighted by atomic mass is 35.5. The van der Waals surface area contributed by atoms with E-state index < -0.39 is 20.0 Å². The number of halogens is 3. The summed E-state index contributed by atoms with van der Waals surface area (Å²) >= 11 is 17.9. The molecule has 164 valence electrons. The number of sulfonamides is 2. The molecule has 3 aromatic carbocycles. The van der Waals surface area contributed by atoms with Crippen LogP contribution in [0.25, 0.3) is 0 Å². The Bertz CT molecular complexity index is 1310. The Balaban J connectivity index is 1.81. The highest BCUT2D eigenvalue weighted by Gasteiger charge is 2.22. The van der Waals surface area contributed by atoms with Crippen molar-refractivity contribution in [3.05, 3.63) is 75.7 Å². The normalized spacial score (nSPS) is 11.7. The van der Waals surface area contributed by atoms with Crippen LogP contribution in [0.4, 0.5) is 11.4 Å². The van der Waals surface area contributed by atoms with Gasteiger partial charge in [-0.15, -0.1) is 0 Å². The van der Waals surface area contributed by atoms with Crippen molar-refractivity contribution in [3.63, 3.8) is 0 Å². The van der Waals surface area contributed by atoms with Gasteiger partial charge in [0.2, 0.25) is 0 Å². The van der Waals surface area contributed by atoms with E-state index >= 15 is 0 Å². The lowest BCUT2D eigenvalue weighted by Gasteiger charge is -2.13. The van der Waals surface area contributed by atoms with Gasteiger partial charge in [0.15, 0.2) is 0 Å². The van der Waals surface area contributed by atoms with Crippen molar-refractivity contribution < 1.29 is 21.6 Å². The van der Waals surface area contributed by atoms with Crippen molar-refractivity contribution in [2.24, 2.45) is 0 Å². The number of benzene rings is 3. The van der Waals surface area contributed by atoms with Crippen LogP contribution in [0.3, 0.4) is 0 Å². The SMILES string of the molecule is COc1ccc(S(=O)(=O)Nc2ccc(S(=O)(=O)Nc3ccc(Cl)cc3)cc2)c(Cl)c1Cl. The molecule has 0 spiro atoms. The maximum atomic E-state index is 12.7. The Morgan fingerprint density at radius 3 is 1.74 bits per heavy atom. The molecule has 0 unspecified atom stereocenters. The van der Waals surface area contributed by atoms with Gasteiger partial charge in [0.25, 0.3) is 20.0 Å². The number of ether oxygens (including phenoxy) is 1. The zero-order chi connectivity index (χ0) is 22.8. The molecular formula is C19H15Cl3N2O5S2. The molecule has 2 N–H and O–H groups in total. The summed E-state index contributed by atoms with van der Waals surface area (Å²) in [7, 11) is -6.60. The van der Waals surface area contributed by atoms with Crippen LogP contribution in [0.1, 0.15) is 0 Å². The molecule has 0 saturated heterocycles. The molecule has 0 bridgehead atoms. The molecule has 0 aliphatic rings. The van der Waals surface area contributed by atoms with Crippen LogP contribution in [0.2, 0.25) is 15.1 Å². The van der Waals surface area contributed by atoms with Gasteiger partial charge in [-0.25, -0.2) is 16.8 Å². The Kier molecular flexibility index (Phi) is 6.92. The second kappa shape index (κ2) is 9.13. The van der Waals surface area contributed by atoms with Gasteiger partial charge in [-0.2, -0.15) is 0 Å². The molecule has 31 heavy (non-hydrogen) atoms. The Hall–Kier alpha value is -2.17. The van der Waals surface area contributed by atoms with Gasteiger partial charge in [0.1, 0.15) is 15.7 Å². The van der Waals surface area contributed by atoms with Gasteiger partial charge >= 0.3 is 0 Å². The minimum absolute atomic E-state index is 0.0400. The summed E-state index contributed by atoms with van der Waals surface area (Å²) < 4.78 is 60.2. The third-order valence-corrected chi connectivity index (χ3v) is 8.08. The summed E-state index contributed by atoms with van der Waals surface area (Å²) in [6.45, 7) is 0. The summed E-state index contributed by atoms with van der Waals surface area (Å²) in [5.74, 6) is 0.230. The number of nitrogens with one attached hydrogen (secondary N) is 2. The van der Waals surface area contributed by atoms with E-state index in [2.05, 4.69) is 9.44 Å². The molecule has 3 rings (SSSR count). The minimum Gasteiger partial charge on any atom is -0.495 e. The molecule has 0 saturated carbocycles. The first-order valence-corrected chi connectivity index (χ1v) is 12.6. The summed E-state index contributed by atoms with van der Waals surface area (Å²) in [4.78, 5) is -0.308. The first kappa shape index (κ1) is 23.5. The molecule has 0 aliphatic heterocycles. The van der Waals surface area contributed by atoms with E-state index in [4.69, 9.17) is 39.5 Å². The van der Waals surface area contributed by atoms with Gasteiger partial charge in [-0.05, 0) is 60.7 Å². The molecule has 12 heteroatoms. The van der Waals surface area contributed by atoms with Crippen molar-refractivity contribution >= 4 is 66.2 Å². The smallest absolute Gasteiger partial charge is 0.263 e. The lowest BCUT2D eigenvalue weighted by molar-refractivity contribution is 0.414. The second-order valence-electron chi connectivity index (χ2n) is 6.14. The molecule has 3 aromatic rings. The Morgan fingerprint density at radius 1 is 0.677 bits per heavy atom. The first-order chi connectivity index (χ1) is 14.5. The average molecular weight is 522 g/mol. The number of hydrogen-bond donors (Lipinski definition) is 2. The average Bonchev–Trinajstić information content (AvgIpc) is 2.71. The third kappa shape index (κ3) is 5.36. The molecule has 0 amide bonds. The van der Waals surface area contributed by atoms with E-state index in [0.717, 1.165) is 0 Å². The standard InChI is InChI=1S/C19H15Cl3N2O5S2/c1-29-16-10-11-17(19(22)18(16)21)31(27,28)24-14-6-8-15(9-7-14)30(25,26)23-13-4-2-12(20)3-5-13/h2-11,23-24H,1H3. The fraction of sp³-hybridized carbons (Fsp3) is 0.0526. The molecule has 0 aliphatic carbocycles. The zero-order valence-electron chi connectivity index (χ0n) is 15.8. The predicted octanol–water partition coefficient (Wildman–Crippen LogP) is 5.26. The van der Waals surface area contributed by atoms with Gasteiger partial charge in [-0.3, -0.25) is 9.44 Å². The van der Waals surface area contributed by atoms with Crippen LogP contribution < -0.4 is 14.2 Å². The van der Waals surface area contributed by atoms with Crippen molar-refractivity contribution in [3.8, 4) is 5.75 Å². The molecular weight excluding hydrogens is 507 g/mol. The van der Waals surface area contributed by atoms with Gasteiger partial charge in [-0.1, -0.05) is 34.8 Å². The van der Waals surface area contributed by atoms with Gasteiger partial charge < -0.3 is 4.74 Å². The Labute approximate surface area is 195 Å². The molecule has 7 nitrogen and oxygen atoms in total. The van der Waals surface area contributed by atoms with Crippen molar-refractivity contribution in [1.82, 2.24) is 0 Å². The number of hydrogen-bond acceptors (Lipinski definition) is 5. The van der Waals surface area contributed by atoms with E-state index in [1.165, 1.54) is 55.6 Å². The van der Waals surface area contributed by atoms with Gasteiger partial charge in [0, 0.05) is 16.4 Å². The van der Waals surface area contributed by atoms with E-state index in [1.807, 2.05) is 0 Å². The van der Waals surface area contributed by atoms with Gasteiger partial charge in [0.05, 0.1) is 17.0 Å². The first-order valence-electron chi connectivity index (χ1n) is 8.47. The summed E-state index contributed by atoms with van der Waals surface area (Å²) in [5, 5.41) is 0.236. The van der Waals surface area contributed by atoms with Crippen LogP contribution in [0, 0.1) is 0 Å². The number of anilines is 2. The largest absolute Gasteiger partial charge is 0.495 e. The van der Waals surface area contributed by atoms with Crippen molar-refractivity contribution in [2.45, 2.75) is 9.79 Å². The van der Waals surface area contributed by atoms with Crippen molar-refractivity contribution in [2.75, 3.05) is 16.6 Å². The molecule has 0 radical (unpaired) electrons. The summed E-state index contributed by atoms with van der Waals surface area (Å²) in [6, 6.07) is 13.9. The van der Waals surface area contributed by atoms with E-state index in [1.54, 1.807) is 12.1 Å². The monoisotopic (exact) mass is 520 g/mol. The van der Waals surface area contributed by atoms with Crippen molar-refractivity contribution in [1.29, 1.82) is 0 Å². The highest BCUT2D eigenvalue weighted by molar-refractivity contribution is 7.93. The van der Waals surface area contributed by atoms with Crippen LogP contribution in [0.15, 0.2) is 70.5 Å². The molecule has 0 fully saturated rings. The summed E-state index contributed by atoms with van der Waals surface area (Å²) in [5.41, 5.74) is 0.466. The van der Waals surface area contributed by atoms with Crippen LogP contribution in [0.5, 0.6) is 5.75 Å². The predicted molar refractivity (Wildman–Crippen MR) is 123 cm³/mol. The fourth-order valence-electron chi connectivity index (χ4n) is 2.52. The fourth-order valence-corrected chi connectivity index (χ4v) is 5.61. The number of rotatable bonds is 7. The van der Waals surface area contributed by atoms with Crippen LogP contribution >= 0.6 is 34.8 Å². The van der Waals surface area contributed by atoms with Crippen LogP contribution in [-0.2, 0) is 20.0 Å². The molecule has 0 atom stereocenters. The van der Waals surface area contributed by atoms with Crippen LogP contribution in [-0.4, -0.2) is 23.9 Å². The summed E-state index contributed by atoms with van der Waals surface area (Å²) in [6.07, 6.45) is 0. The molecule has 0 aromatic heterocycles. The van der Waals surface area contributed by atoms with E-state index in [9.17, 15) is 16.8 Å². The lowest BCUT2D eigenvalue weighted by Crippen LogP contribution is -2.15. The quantitative estimate of drug-likeness (QED) is 0.442. The van der Waals surface area contributed by atoms with E-state index in [0.29, 0.717) is 10.7 Å². The second-order valence-corrected chi connectivity index (χ2v) is 10.7. The highest BCUT2D eigenvalue weighted by Crippen LogP contribution is 2.37.